The number of hydrogen-bond acceptors (Lipinski definition) is 6. The van der Waals surface area contributed by atoms with E-state index in [1.807, 2.05) is 27.7 Å². The van der Waals surface area contributed by atoms with Crippen LogP contribution in [0, 0.1) is 5.41 Å². The summed E-state index contributed by atoms with van der Waals surface area (Å²) in [5.41, 5.74) is 0.469. The van der Waals surface area contributed by atoms with Crippen molar-refractivity contribution in [3.8, 4) is 0 Å². The average Bonchev–Trinajstić information content (AvgIpc) is 2.51. The van der Waals surface area contributed by atoms with Crippen LogP contribution in [0.4, 0.5) is 10.6 Å². The highest BCUT2D eigenvalue weighted by Crippen LogP contribution is 2.24. The molecule has 0 aliphatic heterocycles. The van der Waals surface area contributed by atoms with Gasteiger partial charge in [0.05, 0.1) is 6.54 Å². The molecule has 134 valence electrons. The first-order valence-electron chi connectivity index (χ1n) is 7.85. The van der Waals surface area contributed by atoms with E-state index < -0.39 is 6.09 Å². The first-order valence-corrected chi connectivity index (χ1v) is 7.85. The van der Waals surface area contributed by atoms with Crippen LogP contribution in [0.5, 0.6) is 0 Å². The minimum atomic E-state index is -0.501. The minimum Gasteiger partial charge on any atom is -0.460 e. The molecule has 7 nitrogen and oxygen atoms in total. The molecule has 1 aromatic rings. The van der Waals surface area contributed by atoms with E-state index in [0.717, 1.165) is 0 Å². The Labute approximate surface area is 143 Å². The van der Waals surface area contributed by atoms with Gasteiger partial charge in [-0.15, -0.1) is 0 Å². The second kappa shape index (κ2) is 8.63. The molecule has 0 aliphatic carbocycles. The Bertz CT molecular complexity index is 569. The summed E-state index contributed by atoms with van der Waals surface area (Å²) in [5.74, 6) is 0.0276. The first kappa shape index (κ1) is 19.9. The maximum absolute atomic E-state index is 12.3. The van der Waals surface area contributed by atoms with Gasteiger partial charge in [0.1, 0.15) is 18.5 Å². The van der Waals surface area contributed by atoms with Crippen molar-refractivity contribution in [1.82, 2.24) is 10.3 Å². The van der Waals surface area contributed by atoms with E-state index in [9.17, 15) is 9.59 Å². The predicted octanol–water partition coefficient (Wildman–Crippen LogP) is 2.35. The Hall–Kier alpha value is -2.15. The fraction of sp³-hybridized carbons (Fsp3) is 0.588. The first-order chi connectivity index (χ1) is 11.2. The molecular formula is C17H27N3O4. The highest BCUT2D eigenvalue weighted by molar-refractivity contribution is 5.86. The van der Waals surface area contributed by atoms with Crippen LogP contribution in [-0.2, 0) is 20.9 Å². The Balaban J connectivity index is 2.81. The van der Waals surface area contributed by atoms with Gasteiger partial charge in [-0.05, 0) is 25.5 Å². The topological polar surface area (TPSA) is 80.8 Å². The quantitative estimate of drug-likeness (QED) is 0.803. The monoisotopic (exact) mass is 337 g/mol. The van der Waals surface area contributed by atoms with Crippen molar-refractivity contribution in [3.63, 3.8) is 0 Å². The van der Waals surface area contributed by atoms with Gasteiger partial charge in [0.25, 0.3) is 0 Å². The molecule has 1 rings (SSSR count). The number of amides is 1. The smallest absolute Gasteiger partial charge is 0.415 e. The number of aromatic nitrogens is 1. The molecule has 0 aliphatic rings. The van der Waals surface area contributed by atoms with E-state index in [0.29, 0.717) is 11.4 Å². The van der Waals surface area contributed by atoms with E-state index >= 15 is 0 Å². The van der Waals surface area contributed by atoms with Crippen molar-refractivity contribution in [2.45, 2.75) is 40.4 Å². The molecule has 0 saturated carbocycles. The van der Waals surface area contributed by atoms with Gasteiger partial charge in [-0.3, -0.25) is 9.69 Å². The zero-order valence-electron chi connectivity index (χ0n) is 15.3. The largest absolute Gasteiger partial charge is 0.460 e. The van der Waals surface area contributed by atoms with Crippen molar-refractivity contribution in [2.75, 3.05) is 25.5 Å². The van der Waals surface area contributed by atoms with Crippen LogP contribution >= 0.6 is 0 Å². The lowest BCUT2D eigenvalue weighted by Gasteiger charge is -2.29. The lowest BCUT2D eigenvalue weighted by atomic mass is 9.90. The Morgan fingerprint density at radius 2 is 2.04 bits per heavy atom. The Morgan fingerprint density at radius 1 is 1.38 bits per heavy atom. The van der Waals surface area contributed by atoms with E-state index in [2.05, 4.69) is 10.3 Å². The van der Waals surface area contributed by atoms with E-state index in [-0.39, 0.29) is 30.6 Å². The molecule has 1 unspecified atom stereocenters. The summed E-state index contributed by atoms with van der Waals surface area (Å²) < 4.78 is 10.6. The number of ether oxygens (including phenoxy) is 2. The number of likely N-dealkylation sites (N-methyl/N-ethyl adjacent to an activating group) is 1. The standard InChI is InChI=1S/C17H27N3O4/c1-12(17(2,3)4)24-16(22)20(6)15-13(8-7-9-19-15)11-23-14(21)10-18-5/h7-9,12,18H,10-11H2,1-6H3. The molecule has 24 heavy (non-hydrogen) atoms. The second-order valence-corrected chi connectivity index (χ2v) is 6.63. The Kier molecular flexibility index (Phi) is 7.16. The van der Waals surface area contributed by atoms with Gasteiger partial charge in [-0.25, -0.2) is 9.78 Å². The molecule has 0 saturated heterocycles. The van der Waals surface area contributed by atoms with Crippen molar-refractivity contribution in [2.24, 2.45) is 5.41 Å². The zero-order chi connectivity index (χ0) is 18.3. The van der Waals surface area contributed by atoms with Crippen LogP contribution in [0.15, 0.2) is 18.3 Å². The third-order valence-electron chi connectivity index (χ3n) is 3.67. The van der Waals surface area contributed by atoms with Crippen LogP contribution in [0.3, 0.4) is 0 Å². The zero-order valence-corrected chi connectivity index (χ0v) is 15.3. The highest BCUT2D eigenvalue weighted by Gasteiger charge is 2.26. The number of nitrogens with one attached hydrogen (secondary N) is 1. The molecule has 0 spiro atoms. The fourth-order valence-electron chi connectivity index (χ4n) is 1.69. The summed E-state index contributed by atoms with van der Waals surface area (Å²) >= 11 is 0. The third-order valence-corrected chi connectivity index (χ3v) is 3.67. The number of esters is 1. The van der Waals surface area contributed by atoms with E-state index in [4.69, 9.17) is 9.47 Å². The van der Waals surface area contributed by atoms with E-state index in [1.54, 1.807) is 32.4 Å². The summed E-state index contributed by atoms with van der Waals surface area (Å²) in [7, 11) is 3.25. The number of nitrogens with zero attached hydrogens (tertiary/aromatic N) is 2. The molecule has 0 bridgehead atoms. The molecular weight excluding hydrogens is 310 g/mol. The van der Waals surface area contributed by atoms with Gasteiger partial charge in [0.2, 0.25) is 0 Å². The minimum absolute atomic E-state index is 0.0378. The van der Waals surface area contributed by atoms with Crippen molar-refractivity contribution < 1.29 is 19.1 Å². The Morgan fingerprint density at radius 3 is 2.62 bits per heavy atom. The molecule has 1 atom stereocenters. The summed E-state index contributed by atoms with van der Waals surface area (Å²) in [6, 6.07) is 3.48. The van der Waals surface area contributed by atoms with Crippen LogP contribution in [0.25, 0.3) is 0 Å². The molecule has 1 amide bonds. The normalized spacial score (nSPS) is 12.4. The molecule has 1 aromatic heterocycles. The summed E-state index contributed by atoms with van der Waals surface area (Å²) in [6.45, 7) is 8.01. The molecule has 1 heterocycles. The molecule has 0 radical (unpaired) electrons. The van der Waals surface area contributed by atoms with Crippen molar-refractivity contribution in [1.29, 1.82) is 0 Å². The highest BCUT2D eigenvalue weighted by atomic mass is 16.6. The average molecular weight is 337 g/mol. The van der Waals surface area contributed by atoms with Crippen LogP contribution in [0.2, 0.25) is 0 Å². The summed E-state index contributed by atoms with van der Waals surface area (Å²) in [5, 5.41) is 2.72. The number of hydrogen-bond donors (Lipinski definition) is 1. The van der Waals surface area contributed by atoms with Gasteiger partial charge < -0.3 is 14.8 Å². The van der Waals surface area contributed by atoms with Crippen LogP contribution in [-0.4, -0.2) is 43.8 Å². The third kappa shape index (κ3) is 5.81. The maximum Gasteiger partial charge on any atom is 0.415 e. The number of anilines is 1. The van der Waals surface area contributed by atoms with Crippen molar-refractivity contribution in [3.05, 3.63) is 23.9 Å². The number of rotatable bonds is 6. The summed E-state index contributed by atoms with van der Waals surface area (Å²) in [4.78, 5) is 29.4. The van der Waals surface area contributed by atoms with Crippen LogP contribution < -0.4 is 10.2 Å². The maximum atomic E-state index is 12.3. The van der Waals surface area contributed by atoms with Gasteiger partial charge in [-0.1, -0.05) is 26.8 Å². The number of carbonyl (C=O) groups is 2. The van der Waals surface area contributed by atoms with Crippen LogP contribution in [0.1, 0.15) is 33.3 Å². The van der Waals surface area contributed by atoms with Gasteiger partial charge >= 0.3 is 12.1 Å². The lowest BCUT2D eigenvalue weighted by Crippen LogP contribution is -2.36. The molecule has 0 aromatic carbocycles. The van der Waals surface area contributed by atoms with Crippen molar-refractivity contribution >= 4 is 17.9 Å². The SMILES string of the molecule is CNCC(=O)OCc1cccnc1N(C)C(=O)OC(C)C(C)(C)C. The predicted molar refractivity (Wildman–Crippen MR) is 91.8 cm³/mol. The second-order valence-electron chi connectivity index (χ2n) is 6.63. The molecule has 7 heteroatoms. The van der Waals surface area contributed by atoms with Gasteiger partial charge in [-0.2, -0.15) is 0 Å². The molecule has 0 fully saturated rings. The van der Waals surface area contributed by atoms with E-state index in [1.165, 1.54) is 4.90 Å². The lowest BCUT2D eigenvalue weighted by molar-refractivity contribution is -0.143. The molecule has 1 N–H and O–H groups in total. The number of pyridine rings is 1. The number of carbonyl (C=O) groups excluding carboxylic acids is 2. The van der Waals surface area contributed by atoms with Gasteiger partial charge in [0, 0.05) is 18.8 Å². The van der Waals surface area contributed by atoms with Gasteiger partial charge in [0.15, 0.2) is 0 Å². The fourth-order valence-corrected chi connectivity index (χ4v) is 1.69. The summed E-state index contributed by atoms with van der Waals surface area (Å²) in [6.07, 6.45) is 0.817.